The zero-order valence-corrected chi connectivity index (χ0v) is 11.9. The lowest BCUT2D eigenvalue weighted by Crippen LogP contribution is -1.93. The quantitative estimate of drug-likeness (QED) is 0.870. The van der Waals surface area contributed by atoms with Crippen molar-refractivity contribution in [2.45, 2.75) is 17.7 Å². The summed E-state index contributed by atoms with van der Waals surface area (Å²) in [6.07, 6.45) is 1.77. The third-order valence-electron chi connectivity index (χ3n) is 2.47. The Hall–Kier alpha value is -1.00. The van der Waals surface area contributed by atoms with Crippen LogP contribution < -0.4 is 5.73 Å². The van der Waals surface area contributed by atoms with Crippen LogP contribution in [0.5, 0.6) is 0 Å². The average molecular weight is 309 g/mol. The summed E-state index contributed by atoms with van der Waals surface area (Å²) in [5.41, 5.74) is 9.25. The van der Waals surface area contributed by atoms with Crippen LogP contribution in [0.3, 0.4) is 0 Å². The molecule has 1 heterocycles. The molecule has 0 saturated heterocycles. The Bertz CT molecular complexity index is 529. The molecule has 2 N–H and O–H groups in total. The van der Waals surface area contributed by atoms with Crippen molar-refractivity contribution < 1.29 is 0 Å². The first-order valence-corrected chi connectivity index (χ1v) is 7.03. The molecule has 17 heavy (non-hydrogen) atoms. The molecule has 2 nitrogen and oxygen atoms in total. The summed E-state index contributed by atoms with van der Waals surface area (Å²) in [4.78, 5) is 4.31. The molecule has 0 aliphatic heterocycles. The number of benzene rings is 1. The molecule has 1 aromatic heterocycles. The molecule has 0 fully saturated rings. The smallest absolute Gasteiger partial charge is 0.119 e. The first kappa shape index (κ1) is 12.5. The van der Waals surface area contributed by atoms with E-state index < -0.39 is 0 Å². The molecule has 0 saturated carbocycles. The van der Waals surface area contributed by atoms with Gasteiger partial charge < -0.3 is 5.73 Å². The van der Waals surface area contributed by atoms with E-state index in [1.807, 2.05) is 6.07 Å². The van der Waals surface area contributed by atoms with E-state index in [4.69, 9.17) is 5.73 Å². The highest BCUT2D eigenvalue weighted by molar-refractivity contribution is 9.10. The van der Waals surface area contributed by atoms with Gasteiger partial charge in [-0.25, -0.2) is 4.98 Å². The van der Waals surface area contributed by atoms with Gasteiger partial charge >= 0.3 is 0 Å². The van der Waals surface area contributed by atoms with Crippen molar-refractivity contribution in [1.82, 2.24) is 4.98 Å². The number of pyridine rings is 1. The predicted molar refractivity (Wildman–Crippen MR) is 77.1 cm³/mol. The maximum Gasteiger partial charge on any atom is 0.119 e. The van der Waals surface area contributed by atoms with Gasteiger partial charge in [-0.3, -0.25) is 0 Å². The Morgan fingerprint density at radius 2 is 2.12 bits per heavy atom. The summed E-state index contributed by atoms with van der Waals surface area (Å²) in [5, 5.41) is 0.886. The van der Waals surface area contributed by atoms with E-state index in [0.717, 1.165) is 20.9 Å². The summed E-state index contributed by atoms with van der Waals surface area (Å²) in [7, 11) is 0. The van der Waals surface area contributed by atoms with Gasteiger partial charge in [0.15, 0.2) is 0 Å². The van der Waals surface area contributed by atoms with Gasteiger partial charge in [-0.05, 0) is 40.0 Å². The van der Waals surface area contributed by atoms with Crippen molar-refractivity contribution in [3.05, 3.63) is 52.1 Å². The molecular formula is C13H13BrN2S. The van der Waals surface area contributed by atoms with Crippen LogP contribution in [-0.4, -0.2) is 4.98 Å². The fourth-order valence-electron chi connectivity index (χ4n) is 1.48. The van der Waals surface area contributed by atoms with Gasteiger partial charge in [0, 0.05) is 16.4 Å². The fourth-order valence-corrected chi connectivity index (χ4v) is 2.80. The molecule has 1 aromatic carbocycles. The summed E-state index contributed by atoms with van der Waals surface area (Å²) >= 11 is 5.02. The molecule has 0 amide bonds. The van der Waals surface area contributed by atoms with Gasteiger partial charge in [-0.2, -0.15) is 0 Å². The molecule has 0 radical (unpaired) electrons. The van der Waals surface area contributed by atoms with E-state index in [0.29, 0.717) is 0 Å². The third kappa shape index (κ3) is 3.23. The Kier molecular flexibility index (Phi) is 4.07. The highest BCUT2D eigenvalue weighted by Gasteiger charge is 2.04. The van der Waals surface area contributed by atoms with Gasteiger partial charge in [0.2, 0.25) is 0 Å². The molecule has 4 heteroatoms. The lowest BCUT2D eigenvalue weighted by Gasteiger charge is -2.06. The van der Waals surface area contributed by atoms with Crippen LogP contribution >= 0.6 is 27.7 Å². The second kappa shape index (κ2) is 5.56. The van der Waals surface area contributed by atoms with Crippen LogP contribution in [0.1, 0.15) is 11.1 Å². The number of aromatic nitrogens is 1. The standard InChI is InChI=1S/C13H13BrN2S/c1-9-4-2-3-5-10(9)8-17-13-12(15)6-11(14)7-16-13/h2-7H,8,15H2,1H3. The van der Waals surface area contributed by atoms with Crippen LogP contribution in [0.2, 0.25) is 0 Å². The van der Waals surface area contributed by atoms with E-state index in [2.05, 4.69) is 52.1 Å². The largest absolute Gasteiger partial charge is 0.397 e. The fraction of sp³-hybridized carbons (Fsp3) is 0.154. The number of hydrogen-bond acceptors (Lipinski definition) is 3. The van der Waals surface area contributed by atoms with E-state index in [-0.39, 0.29) is 0 Å². The van der Waals surface area contributed by atoms with Crippen LogP contribution in [0.15, 0.2) is 46.0 Å². The predicted octanol–water partition coefficient (Wildman–Crippen LogP) is 4.03. The topological polar surface area (TPSA) is 38.9 Å². The summed E-state index contributed by atoms with van der Waals surface area (Å²) in [6.45, 7) is 2.12. The van der Waals surface area contributed by atoms with Crippen molar-refractivity contribution >= 4 is 33.4 Å². The molecule has 88 valence electrons. The highest BCUT2D eigenvalue weighted by Crippen LogP contribution is 2.28. The molecule has 2 rings (SSSR count). The van der Waals surface area contributed by atoms with Gasteiger partial charge in [0.25, 0.3) is 0 Å². The van der Waals surface area contributed by atoms with Crippen molar-refractivity contribution in [3.8, 4) is 0 Å². The van der Waals surface area contributed by atoms with E-state index >= 15 is 0 Å². The lowest BCUT2D eigenvalue weighted by atomic mass is 10.1. The summed E-state index contributed by atoms with van der Waals surface area (Å²) in [5.74, 6) is 0.894. The number of halogens is 1. The number of nitrogens with two attached hydrogens (primary N) is 1. The maximum absolute atomic E-state index is 5.91. The minimum absolute atomic E-state index is 0.720. The Morgan fingerprint density at radius 1 is 1.35 bits per heavy atom. The minimum Gasteiger partial charge on any atom is -0.397 e. The van der Waals surface area contributed by atoms with Gasteiger partial charge in [-0.1, -0.05) is 36.0 Å². The van der Waals surface area contributed by atoms with Crippen LogP contribution in [0, 0.1) is 6.92 Å². The molecule has 0 aliphatic rings. The zero-order chi connectivity index (χ0) is 12.3. The lowest BCUT2D eigenvalue weighted by molar-refractivity contribution is 1.13. The van der Waals surface area contributed by atoms with Gasteiger partial charge in [0.05, 0.1) is 5.69 Å². The Morgan fingerprint density at radius 3 is 2.82 bits per heavy atom. The van der Waals surface area contributed by atoms with Crippen LogP contribution in [0.4, 0.5) is 5.69 Å². The first-order chi connectivity index (χ1) is 8.16. The molecule has 0 bridgehead atoms. The summed E-state index contributed by atoms with van der Waals surface area (Å²) in [6, 6.07) is 10.2. The van der Waals surface area contributed by atoms with E-state index in [1.54, 1.807) is 18.0 Å². The van der Waals surface area contributed by atoms with Crippen molar-refractivity contribution in [2.75, 3.05) is 5.73 Å². The molecule has 0 spiro atoms. The van der Waals surface area contributed by atoms with Gasteiger partial charge in [0.1, 0.15) is 5.03 Å². The van der Waals surface area contributed by atoms with Crippen molar-refractivity contribution in [3.63, 3.8) is 0 Å². The van der Waals surface area contributed by atoms with Crippen LogP contribution in [-0.2, 0) is 5.75 Å². The maximum atomic E-state index is 5.91. The number of hydrogen-bond donors (Lipinski definition) is 1. The molecule has 0 unspecified atom stereocenters. The van der Waals surface area contributed by atoms with Crippen LogP contribution in [0.25, 0.3) is 0 Å². The zero-order valence-electron chi connectivity index (χ0n) is 9.48. The molecule has 0 aliphatic carbocycles. The molecule has 2 aromatic rings. The van der Waals surface area contributed by atoms with Crippen molar-refractivity contribution in [2.24, 2.45) is 0 Å². The molecule has 0 atom stereocenters. The first-order valence-electron chi connectivity index (χ1n) is 5.25. The number of rotatable bonds is 3. The number of nitrogen functional groups attached to an aromatic ring is 1. The third-order valence-corrected chi connectivity index (χ3v) is 3.97. The Labute approximate surface area is 114 Å². The number of nitrogens with zero attached hydrogens (tertiary/aromatic N) is 1. The number of anilines is 1. The van der Waals surface area contributed by atoms with E-state index in [9.17, 15) is 0 Å². The minimum atomic E-state index is 0.720. The number of thioether (sulfide) groups is 1. The normalized spacial score (nSPS) is 10.5. The van der Waals surface area contributed by atoms with Gasteiger partial charge in [-0.15, -0.1) is 0 Å². The highest BCUT2D eigenvalue weighted by atomic mass is 79.9. The SMILES string of the molecule is Cc1ccccc1CSc1ncc(Br)cc1N. The van der Waals surface area contributed by atoms with E-state index in [1.165, 1.54) is 11.1 Å². The number of aryl methyl sites for hydroxylation is 1. The van der Waals surface area contributed by atoms with Crippen molar-refractivity contribution in [1.29, 1.82) is 0 Å². The molecular weight excluding hydrogens is 296 g/mol. The monoisotopic (exact) mass is 308 g/mol. The average Bonchev–Trinajstić information content (AvgIpc) is 2.30. The summed E-state index contributed by atoms with van der Waals surface area (Å²) < 4.78 is 0.912. The second-order valence-electron chi connectivity index (χ2n) is 3.76. The Balaban J connectivity index is 2.10. The second-order valence-corrected chi connectivity index (χ2v) is 5.64.